The molecule has 0 aromatic carbocycles. The van der Waals surface area contributed by atoms with E-state index in [-0.39, 0.29) is 17.9 Å². The number of ether oxygens (including phenoxy) is 1. The van der Waals surface area contributed by atoms with E-state index in [2.05, 4.69) is 4.98 Å². The van der Waals surface area contributed by atoms with Crippen LogP contribution in [0.15, 0.2) is 6.20 Å². The van der Waals surface area contributed by atoms with Gasteiger partial charge in [0.05, 0.1) is 25.2 Å². The molecule has 1 aromatic heterocycles. The van der Waals surface area contributed by atoms with Crippen molar-refractivity contribution in [3.05, 3.63) is 22.9 Å². The third-order valence-corrected chi connectivity index (χ3v) is 2.13. The van der Waals surface area contributed by atoms with Crippen molar-refractivity contribution in [2.75, 3.05) is 7.11 Å². The van der Waals surface area contributed by atoms with Crippen LogP contribution in [0.1, 0.15) is 23.1 Å². The summed E-state index contributed by atoms with van der Waals surface area (Å²) < 4.78 is 30.1. The van der Waals surface area contributed by atoms with Crippen LogP contribution in [0.2, 0.25) is 0 Å². The molecule has 5 heteroatoms. The van der Waals surface area contributed by atoms with Crippen molar-refractivity contribution in [2.24, 2.45) is 0 Å². The lowest BCUT2D eigenvalue weighted by atomic mass is 10.0. The molecule has 0 saturated carbocycles. The van der Waals surface area contributed by atoms with Crippen LogP contribution < -0.4 is 4.74 Å². The molecule has 0 saturated heterocycles. The molecule has 1 rings (SSSR count). The number of nitriles is 1. The molecule has 0 amide bonds. The van der Waals surface area contributed by atoms with Gasteiger partial charge in [0.1, 0.15) is 0 Å². The lowest BCUT2D eigenvalue weighted by Crippen LogP contribution is -2.02. The molecule has 0 fully saturated rings. The third kappa shape index (κ3) is 2.21. The second kappa shape index (κ2) is 4.69. The highest BCUT2D eigenvalue weighted by Gasteiger charge is 2.20. The Kier molecular flexibility index (Phi) is 3.56. The van der Waals surface area contributed by atoms with Crippen LogP contribution in [-0.2, 0) is 6.42 Å². The average Bonchev–Trinajstić information content (AvgIpc) is 2.20. The summed E-state index contributed by atoms with van der Waals surface area (Å²) >= 11 is 0. The van der Waals surface area contributed by atoms with Crippen molar-refractivity contribution in [2.45, 2.75) is 19.8 Å². The van der Waals surface area contributed by atoms with E-state index >= 15 is 0 Å². The molecule has 15 heavy (non-hydrogen) atoms. The fraction of sp³-hybridized carbons (Fsp3) is 0.400. The fourth-order valence-electron chi connectivity index (χ4n) is 1.32. The van der Waals surface area contributed by atoms with Crippen LogP contribution in [0.5, 0.6) is 5.88 Å². The third-order valence-electron chi connectivity index (χ3n) is 2.13. The first-order valence-electron chi connectivity index (χ1n) is 4.29. The predicted octanol–water partition coefficient (Wildman–Crippen LogP) is 2.40. The predicted molar refractivity (Wildman–Crippen MR) is 49.8 cm³/mol. The highest BCUT2D eigenvalue weighted by molar-refractivity contribution is 5.40. The number of pyridine rings is 1. The van der Waals surface area contributed by atoms with Crippen molar-refractivity contribution in [3.63, 3.8) is 0 Å². The van der Waals surface area contributed by atoms with Gasteiger partial charge in [0.2, 0.25) is 5.88 Å². The van der Waals surface area contributed by atoms with Gasteiger partial charge in [-0.2, -0.15) is 5.26 Å². The average molecular weight is 212 g/mol. The summed E-state index contributed by atoms with van der Waals surface area (Å²) in [5.41, 5.74) is 0.650. The topological polar surface area (TPSA) is 45.9 Å². The molecule has 3 nitrogen and oxygen atoms in total. The van der Waals surface area contributed by atoms with Crippen LogP contribution in [-0.4, -0.2) is 12.1 Å². The maximum Gasteiger partial charge on any atom is 0.269 e. The lowest BCUT2D eigenvalue weighted by Gasteiger charge is -2.11. The van der Waals surface area contributed by atoms with Crippen molar-refractivity contribution in [3.8, 4) is 11.9 Å². The quantitative estimate of drug-likeness (QED) is 0.772. The van der Waals surface area contributed by atoms with Gasteiger partial charge in [0.15, 0.2) is 0 Å². The minimum atomic E-state index is -2.65. The van der Waals surface area contributed by atoms with Gasteiger partial charge in [-0.3, -0.25) is 0 Å². The second-order valence-electron chi connectivity index (χ2n) is 2.97. The van der Waals surface area contributed by atoms with E-state index in [4.69, 9.17) is 10.00 Å². The number of hydrogen-bond acceptors (Lipinski definition) is 3. The van der Waals surface area contributed by atoms with E-state index in [0.29, 0.717) is 11.1 Å². The second-order valence-corrected chi connectivity index (χ2v) is 2.97. The molecule has 0 atom stereocenters. The number of methoxy groups -OCH3 is 1. The Morgan fingerprint density at radius 3 is 2.73 bits per heavy atom. The van der Waals surface area contributed by atoms with E-state index in [9.17, 15) is 8.78 Å². The van der Waals surface area contributed by atoms with Crippen molar-refractivity contribution < 1.29 is 13.5 Å². The van der Waals surface area contributed by atoms with Crippen LogP contribution in [0, 0.1) is 18.3 Å². The van der Waals surface area contributed by atoms with Crippen LogP contribution in [0.25, 0.3) is 0 Å². The molecular formula is C10H10F2N2O. The Balaban J connectivity index is 3.30. The van der Waals surface area contributed by atoms with E-state index in [1.165, 1.54) is 13.3 Å². The molecule has 0 bridgehead atoms. The Morgan fingerprint density at radius 1 is 1.60 bits per heavy atom. The van der Waals surface area contributed by atoms with Crippen molar-refractivity contribution in [1.82, 2.24) is 4.98 Å². The lowest BCUT2D eigenvalue weighted by molar-refractivity contribution is 0.145. The Bertz CT molecular complexity index is 399. The van der Waals surface area contributed by atoms with Gasteiger partial charge in [0, 0.05) is 6.20 Å². The molecule has 1 aromatic rings. The van der Waals surface area contributed by atoms with Crippen molar-refractivity contribution in [1.29, 1.82) is 5.26 Å². The number of aromatic nitrogens is 1. The summed E-state index contributed by atoms with van der Waals surface area (Å²) in [6, 6.07) is 1.90. The highest BCUT2D eigenvalue weighted by Crippen LogP contribution is 2.31. The van der Waals surface area contributed by atoms with Crippen LogP contribution >= 0.6 is 0 Å². The van der Waals surface area contributed by atoms with Gasteiger partial charge in [-0.15, -0.1) is 0 Å². The molecule has 0 unspecified atom stereocenters. The summed E-state index contributed by atoms with van der Waals surface area (Å²) in [6.07, 6.45) is -1.18. The van der Waals surface area contributed by atoms with Gasteiger partial charge in [0.25, 0.3) is 6.43 Å². The maximum absolute atomic E-state index is 12.7. The smallest absolute Gasteiger partial charge is 0.269 e. The summed E-state index contributed by atoms with van der Waals surface area (Å²) in [6.45, 7) is 1.54. The van der Waals surface area contributed by atoms with Gasteiger partial charge in [-0.05, 0) is 18.1 Å². The first kappa shape index (κ1) is 11.4. The van der Waals surface area contributed by atoms with Gasteiger partial charge in [-0.1, -0.05) is 0 Å². The SMILES string of the molecule is COc1ncc(CC#N)c(C)c1C(F)F. The molecule has 0 radical (unpaired) electrons. The Labute approximate surface area is 86.3 Å². The Hall–Kier alpha value is -1.70. The molecule has 80 valence electrons. The molecule has 0 N–H and O–H groups in total. The van der Waals surface area contributed by atoms with Crippen molar-refractivity contribution >= 4 is 0 Å². The summed E-state index contributed by atoms with van der Waals surface area (Å²) in [5.74, 6) is -0.0795. The molecule has 0 aliphatic heterocycles. The fourth-order valence-corrected chi connectivity index (χ4v) is 1.32. The largest absolute Gasteiger partial charge is 0.481 e. The monoisotopic (exact) mass is 212 g/mol. The molecule has 0 spiro atoms. The minimum absolute atomic E-state index is 0.0720. The first-order valence-corrected chi connectivity index (χ1v) is 4.29. The van der Waals surface area contributed by atoms with Crippen LogP contribution in [0.4, 0.5) is 8.78 Å². The minimum Gasteiger partial charge on any atom is -0.481 e. The number of alkyl halides is 2. The first-order chi connectivity index (χ1) is 7.11. The van der Waals surface area contributed by atoms with E-state index in [1.54, 1.807) is 6.92 Å². The summed E-state index contributed by atoms with van der Waals surface area (Å²) in [4.78, 5) is 3.74. The molecular weight excluding hydrogens is 202 g/mol. The number of rotatable bonds is 3. The number of nitrogens with zero attached hydrogens (tertiary/aromatic N) is 2. The highest BCUT2D eigenvalue weighted by atomic mass is 19.3. The zero-order chi connectivity index (χ0) is 11.4. The molecule has 1 heterocycles. The van der Waals surface area contributed by atoms with E-state index < -0.39 is 6.43 Å². The zero-order valence-corrected chi connectivity index (χ0v) is 8.42. The van der Waals surface area contributed by atoms with Gasteiger partial charge < -0.3 is 4.74 Å². The standard InChI is InChI=1S/C10H10F2N2O/c1-6-7(3-4-13)5-14-10(15-2)8(6)9(11)12/h5,9H,3H2,1-2H3. The number of hydrogen-bond donors (Lipinski definition) is 0. The maximum atomic E-state index is 12.7. The number of halogens is 2. The normalized spacial score (nSPS) is 10.1. The Morgan fingerprint density at radius 2 is 2.27 bits per heavy atom. The molecule has 0 aliphatic rings. The summed E-state index contributed by atoms with van der Waals surface area (Å²) in [5, 5.41) is 8.50. The van der Waals surface area contributed by atoms with Crippen LogP contribution in [0.3, 0.4) is 0 Å². The van der Waals surface area contributed by atoms with Gasteiger partial charge in [-0.25, -0.2) is 13.8 Å². The summed E-state index contributed by atoms with van der Waals surface area (Å²) in [7, 11) is 1.29. The van der Waals surface area contributed by atoms with E-state index in [1.807, 2.05) is 6.07 Å². The molecule has 0 aliphatic carbocycles. The van der Waals surface area contributed by atoms with E-state index in [0.717, 1.165) is 0 Å². The zero-order valence-electron chi connectivity index (χ0n) is 8.42. The van der Waals surface area contributed by atoms with Gasteiger partial charge >= 0.3 is 0 Å².